The Labute approximate surface area is 90.3 Å². The lowest BCUT2D eigenvalue weighted by Gasteiger charge is -1.86. The molecule has 0 unspecified atom stereocenters. The summed E-state index contributed by atoms with van der Waals surface area (Å²) < 4.78 is 0. The Balaban J connectivity index is 2.26. The highest BCUT2D eigenvalue weighted by atomic mass is 32.1. The SMILES string of the molecule is O=CC=Cc1ccc(-c2cccs2)s1. The van der Waals surface area contributed by atoms with Crippen LogP contribution in [0.4, 0.5) is 0 Å². The molecule has 3 heteroatoms. The number of thiophene rings is 2. The number of carbonyl (C=O) groups is 1. The summed E-state index contributed by atoms with van der Waals surface area (Å²) in [4.78, 5) is 13.8. The van der Waals surface area contributed by atoms with Gasteiger partial charge >= 0.3 is 0 Å². The molecule has 2 aromatic heterocycles. The van der Waals surface area contributed by atoms with Gasteiger partial charge in [-0.25, -0.2) is 0 Å². The van der Waals surface area contributed by atoms with Crippen LogP contribution in [0, 0.1) is 0 Å². The predicted molar refractivity (Wildman–Crippen MR) is 62.7 cm³/mol. The monoisotopic (exact) mass is 220 g/mol. The van der Waals surface area contributed by atoms with Crippen molar-refractivity contribution in [3.8, 4) is 9.75 Å². The van der Waals surface area contributed by atoms with Crippen molar-refractivity contribution in [2.24, 2.45) is 0 Å². The molecular weight excluding hydrogens is 212 g/mol. The highest BCUT2D eigenvalue weighted by molar-refractivity contribution is 7.21. The third-order valence-corrected chi connectivity index (χ3v) is 3.85. The quantitative estimate of drug-likeness (QED) is 0.569. The van der Waals surface area contributed by atoms with E-state index in [-0.39, 0.29) is 0 Å². The lowest BCUT2D eigenvalue weighted by atomic mass is 10.3. The van der Waals surface area contributed by atoms with Gasteiger partial charge in [-0.15, -0.1) is 22.7 Å². The molecule has 0 aliphatic rings. The van der Waals surface area contributed by atoms with Crippen molar-refractivity contribution in [3.05, 3.63) is 40.6 Å². The molecule has 0 spiro atoms. The van der Waals surface area contributed by atoms with E-state index < -0.39 is 0 Å². The lowest BCUT2D eigenvalue weighted by Crippen LogP contribution is -1.58. The standard InChI is InChI=1S/C11H8OS2/c12-7-1-3-9-5-6-11(14-9)10-4-2-8-13-10/h1-8H. The Morgan fingerprint density at radius 1 is 1.14 bits per heavy atom. The number of allylic oxidation sites excluding steroid dienone is 1. The summed E-state index contributed by atoms with van der Waals surface area (Å²) in [5, 5.41) is 2.07. The zero-order chi connectivity index (χ0) is 9.80. The van der Waals surface area contributed by atoms with Crippen LogP contribution in [0.15, 0.2) is 35.7 Å². The first-order valence-corrected chi connectivity index (χ1v) is 5.85. The second kappa shape index (κ2) is 4.35. The third kappa shape index (κ3) is 2.00. The smallest absolute Gasteiger partial charge is 0.142 e. The first-order valence-electron chi connectivity index (χ1n) is 4.16. The molecule has 1 nitrogen and oxygen atoms in total. The van der Waals surface area contributed by atoms with E-state index in [1.54, 1.807) is 22.7 Å². The van der Waals surface area contributed by atoms with Crippen molar-refractivity contribution in [2.75, 3.05) is 0 Å². The topological polar surface area (TPSA) is 17.1 Å². The van der Waals surface area contributed by atoms with Gasteiger partial charge in [0.1, 0.15) is 6.29 Å². The largest absolute Gasteiger partial charge is 0.299 e. The van der Waals surface area contributed by atoms with Crippen LogP contribution >= 0.6 is 22.7 Å². The molecule has 0 bridgehead atoms. The molecule has 2 heterocycles. The molecule has 0 N–H and O–H groups in total. The molecule has 0 atom stereocenters. The second-order valence-electron chi connectivity index (χ2n) is 2.67. The average Bonchev–Trinajstić information content (AvgIpc) is 2.85. The van der Waals surface area contributed by atoms with E-state index in [1.165, 1.54) is 15.8 Å². The van der Waals surface area contributed by atoms with Crippen LogP contribution in [0.1, 0.15) is 4.88 Å². The molecule has 70 valence electrons. The van der Waals surface area contributed by atoms with Crippen molar-refractivity contribution in [1.29, 1.82) is 0 Å². The van der Waals surface area contributed by atoms with E-state index in [4.69, 9.17) is 0 Å². The molecule has 0 aromatic carbocycles. The fourth-order valence-electron chi connectivity index (χ4n) is 1.13. The average molecular weight is 220 g/mol. The third-order valence-electron chi connectivity index (χ3n) is 1.73. The Hall–Kier alpha value is -1.19. The minimum absolute atomic E-state index is 0.796. The lowest BCUT2D eigenvalue weighted by molar-refractivity contribution is -0.104. The van der Waals surface area contributed by atoms with Crippen LogP contribution in [0.3, 0.4) is 0 Å². The number of hydrogen-bond acceptors (Lipinski definition) is 3. The second-order valence-corrected chi connectivity index (χ2v) is 4.74. The van der Waals surface area contributed by atoms with Gasteiger partial charge in [-0.2, -0.15) is 0 Å². The molecular formula is C11H8OS2. The van der Waals surface area contributed by atoms with E-state index in [0.717, 1.165) is 11.2 Å². The van der Waals surface area contributed by atoms with Gasteiger partial charge < -0.3 is 0 Å². The van der Waals surface area contributed by atoms with Crippen LogP contribution in [0.2, 0.25) is 0 Å². The summed E-state index contributed by atoms with van der Waals surface area (Å²) >= 11 is 3.43. The molecule has 0 radical (unpaired) electrons. The minimum atomic E-state index is 0.796. The van der Waals surface area contributed by atoms with E-state index in [9.17, 15) is 4.79 Å². The van der Waals surface area contributed by atoms with E-state index in [2.05, 4.69) is 17.5 Å². The number of carbonyl (C=O) groups excluding carboxylic acids is 1. The summed E-state index contributed by atoms with van der Waals surface area (Å²) in [6.07, 6.45) is 4.14. The van der Waals surface area contributed by atoms with Crippen molar-refractivity contribution >= 4 is 35.0 Å². The molecule has 0 amide bonds. The Bertz CT molecular complexity index is 438. The summed E-state index contributed by atoms with van der Waals surface area (Å²) in [6.45, 7) is 0. The number of aldehydes is 1. The molecule has 2 aromatic rings. The molecule has 14 heavy (non-hydrogen) atoms. The zero-order valence-electron chi connectivity index (χ0n) is 7.34. The normalized spacial score (nSPS) is 10.9. The van der Waals surface area contributed by atoms with Crippen molar-refractivity contribution in [3.63, 3.8) is 0 Å². The highest BCUT2D eigenvalue weighted by Gasteiger charge is 2.00. The van der Waals surface area contributed by atoms with Gasteiger partial charge in [0.2, 0.25) is 0 Å². The van der Waals surface area contributed by atoms with Crippen LogP contribution in [0.5, 0.6) is 0 Å². The van der Waals surface area contributed by atoms with Gasteiger partial charge in [-0.3, -0.25) is 4.79 Å². The van der Waals surface area contributed by atoms with Crippen LogP contribution in [0.25, 0.3) is 15.8 Å². The zero-order valence-corrected chi connectivity index (χ0v) is 8.98. The minimum Gasteiger partial charge on any atom is -0.299 e. The van der Waals surface area contributed by atoms with Gasteiger partial charge in [0.15, 0.2) is 0 Å². The fraction of sp³-hybridized carbons (Fsp3) is 0. The maximum atomic E-state index is 10.1. The summed E-state index contributed by atoms with van der Waals surface area (Å²) in [5.74, 6) is 0. The van der Waals surface area contributed by atoms with Crippen molar-refractivity contribution in [2.45, 2.75) is 0 Å². The van der Waals surface area contributed by atoms with E-state index in [1.807, 2.05) is 18.2 Å². The van der Waals surface area contributed by atoms with E-state index in [0.29, 0.717) is 0 Å². The summed E-state index contributed by atoms with van der Waals surface area (Å²) in [6, 6.07) is 8.26. The Morgan fingerprint density at radius 3 is 2.79 bits per heavy atom. The molecule has 2 rings (SSSR count). The molecule has 0 fully saturated rings. The molecule has 0 aliphatic heterocycles. The Kier molecular flexibility index (Phi) is 2.91. The van der Waals surface area contributed by atoms with Gasteiger partial charge in [0.05, 0.1) is 0 Å². The first kappa shape index (κ1) is 9.37. The number of hydrogen-bond donors (Lipinski definition) is 0. The Morgan fingerprint density at radius 2 is 2.07 bits per heavy atom. The van der Waals surface area contributed by atoms with E-state index >= 15 is 0 Å². The number of rotatable bonds is 3. The first-order chi connectivity index (χ1) is 6.90. The fourth-order valence-corrected chi connectivity index (χ4v) is 2.88. The van der Waals surface area contributed by atoms with Crippen LogP contribution in [-0.2, 0) is 4.79 Å². The maximum Gasteiger partial charge on any atom is 0.142 e. The highest BCUT2D eigenvalue weighted by Crippen LogP contribution is 2.31. The predicted octanol–water partition coefficient (Wildman–Crippen LogP) is 3.69. The van der Waals surface area contributed by atoms with Gasteiger partial charge in [0.25, 0.3) is 0 Å². The molecule has 0 saturated carbocycles. The summed E-state index contributed by atoms with van der Waals surface area (Å²) in [5.41, 5.74) is 0. The summed E-state index contributed by atoms with van der Waals surface area (Å²) in [7, 11) is 0. The van der Waals surface area contributed by atoms with Crippen molar-refractivity contribution < 1.29 is 4.79 Å². The van der Waals surface area contributed by atoms with Gasteiger partial charge in [0, 0.05) is 14.6 Å². The maximum absolute atomic E-state index is 10.1. The van der Waals surface area contributed by atoms with Gasteiger partial charge in [-0.05, 0) is 35.7 Å². The van der Waals surface area contributed by atoms with Crippen LogP contribution in [-0.4, -0.2) is 6.29 Å². The van der Waals surface area contributed by atoms with Gasteiger partial charge in [-0.1, -0.05) is 6.07 Å². The van der Waals surface area contributed by atoms with Crippen molar-refractivity contribution in [1.82, 2.24) is 0 Å². The van der Waals surface area contributed by atoms with Crippen LogP contribution < -0.4 is 0 Å². The molecule has 0 aliphatic carbocycles. The molecule has 0 saturated heterocycles.